The Bertz CT molecular complexity index is 406. The molecular formula is C6H8N2O3S. The number of fused-ring (bicyclic) bond motifs is 1. The van der Waals surface area contributed by atoms with Gasteiger partial charge in [0.1, 0.15) is 0 Å². The van der Waals surface area contributed by atoms with E-state index in [9.17, 15) is 8.42 Å². The molecule has 0 fully saturated rings. The van der Waals surface area contributed by atoms with Crippen LogP contribution in [-0.4, -0.2) is 28.8 Å². The number of aliphatic hydroxyl groups is 1. The van der Waals surface area contributed by atoms with Crippen LogP contribution >= 0.6 is 0 Å². The van der Waals surface area contributed by atoms with Gasteiger partial charge in [-0.2, -0.15) is 0 Å². The van der Waals surface area contributed by atoms with E-state index in [1.54, 1.807) is 10.8 Å². The Labute approximate surface area is 69.6 Å². The van der Waals surface area contributed by atoms with E-state index in [0.717, 1.165) is 0 Å². The van der Waals surface area contributed by atoms with Crippen LogP contribution in [0.25, 0.3) is 0 Å². The van der Waals surface area contributed by atoms with E-state index in [1.807, 2.05) is 0 Å². The molecule has 1 N–H and O–H groups in total. The Morgan fingerprint density at radius 2 is 2.42 bits per heavy atom. The van der Waals surface area contributed by atoms with Crippen molar-refractivity contribution in [2.45, 2.75) is 18.3 Å². The summed E-state index contributed by atoms with van der Waals surface area (Å²) in [6, 6.07) is 0. The second kappa shape index (κ2) is 2.30. The molecule has 0 radical (unpaired) electrons. The lowest BCUT2D eigenvalue weighted by Crippen LogP contribution is -2.01. The monoisotopic (exact) mass is 188 g/mol. The summed E-state index contributed by atoms with van der Waals surface area (Å²) in [7, 11) is -3.15. The summed E-state index contributed by atoms with van der Waals surface area (Å²) in [5, 5.41) is 8.78. The molecule has 6 heteroatoms. The van der Waals surface area contributed by atoms with Gasteiger partial charge in [-0.05, 0) is 0 Å². The molecule has 0 saturated carbocycles. The highest BCUT2D eigenvalue weighted by Crippen LogP contribution is 2.18. The summed E-state index contributed by atoms with van der Waals surface area (Å²) in [5.41, 5.74) is 0.410. The Morgan fingerprint density at radius 1 is 1.67 bits per heavy atom. The molecule has 1 aliphatic rings. The molecule has 0 unspecified atom stereocenters. The topological polar surface area (TPSA) is 72.2 Å². The first-order chi connectivity index (χ1) is 5.63. The third-order valence-electron chi connectivity index (χ3n) is 1.83. The first-order valence-corrected chi connectivity index (χ1v) is 5.18. The summed E-state index contributed by atoms with van der Waals surface area (Å²) >= 11 is 0. The van der Waals surface area contributed by atoms with E-state index in [4.69, 9.17) is 5.11 Å². The third-order valence-corrected chi connectivity index (χ3v) is 3.43. The third kappa shape index (κ3) is 0.953. The van der Waals surface area contributed by atoms with Gasteiger partial charge in [0.05, 0.1) is 18.1 Å². The first kappa shape index (κ1) is 7.75. The Morgan fingerprint density at radius 3 is 3.00 bits per heavy atom. The van der Waals surface area contributed by atoms with E-state index in [1.165, 1.54) is 0 Å². The molecule has 0 aromatic carbocycles. The minimum Gasteiger partial charge on any atom is -0.390 e. The van der Waals surface area contributed by atoms with Gasteiger partial charge in [0.2, 0.25) is 15.0 Å². The van der Waals surface area contributed by atoms with Crippen LogP contribution in [0, 0.1) is 0 Å². The van der Waals surface area contributed by atoms with E-state index < -0.39 is 9.84 Å². The maximum absolute atomic E-state index is 11.2. The minimum atomic E-state index is -3.15. The van der Waals surface area contributed by atoms with E-state index in [2.05, 4.69) is 4.98 Å². The zero-order valence-electron chi connectivity index (χ0n) is 6.27. The molecule has 0 aliphatic carbocycles. The molecule has 1 aromatic rings. The predicted octanol–water partition coefficient (Wildman–Crippen LogP) is -0.837. The van der Waals surface area contributed by atoms with Crippen LogP contribution in [0.4, 0.5) is 0 Å². The predicted molar refractivity (Wildman–Crippen MR) is 40.2 cm³/mol. The number of imidazole rings is 1. The number of hydrogen-bond acceptors (Lipinski definition) is 4. The number of aromatic nitrogens is 2. The molecule has 0 spiro atoms. The molecule has 1 aromatic heterocycles. The molecular weight excluding hydrogens is 180 g/mol. The van der Waals surface area contributed by atoms with Crippen LogP contribution < -0.4 is 0 Å². The van der Waals surface area contributed by atoms with Gasteiger partial charge >= 0.3 is 0 Å². The van der Waals surface area contributed by atoms with Gasteiger partial charge in [-0.25, -0.2) is 13.4 Å². The van der Waals surface area contributed by atoms with Gasteiger partial charge in [-0.1, -0.05) is 0 Å². The fourth-order valence-corrected chi connectivity index (χ4v) is 2.62. The van der Waals surface area contributed by atoms with Crippen LogP contribution in [0.1, 0.15) is 5.69 Å². The molecule has 1 aliphatic heterocycles. The van der Waals surface area contributed by atoms with Gasteiger partial charge in [0, 0.05) is 12.7 Å². The average molecular weight is 188 g/mol. The second-order valence-electron chi connectivity index (χ2n) is 2.69. The summed E-state index contributed by atoms with van der Waals surface area (Å²) in [4.78, 5) is 3.79. The smallest absolute Gasteiger partial charge is 0.228 e. The molecule has 0 amide bonds. The van der Waals surface area contributed by atoms with Crippen molar-refractivity contribution in [3.05, 3.63) is 11.9 Å². The summed E-state index contributed by atoms with van der Waals surface area (Å²) in [6.07, 6.45) is 1.57. The average Bonchev–Trinajstić information content (AvgIpc) is 2.53. The Balaban J connectivity index is 2.59. The van der Waals surface area contributed by atoms with Crippen molar-refractivity contribution in [2.24, 2.45) is 0 Å². The number of sulfone groups is 1. The standard InChI is InChI=1S/C6H8N2O3S/c9-4-5-3-8-1-2-12(10,11)6(8)7-5/h3,9H,1-2,4H2. The highest BCUT2D eigenvalue weighted by atomic mass is 32.2. The number of aliphatic hydroxyl groups excluding tert-OH is 1. The highest BCUT2D eigenvalue weighted by molar-refractivity contribution is 7.91. The lowest BCUT2D eigenvalue weighted by molar-refractivity contribution is 0.277. The molecule has 12 heavy (non-hydrogen) atoms. The van der Waals surface area contributed by atoms with E-state index in [0.29, 0.717) is 12.2 Å². The van der Waals surface area contributed by atoms with Gasteiger partial charge in [0.25, 0.3) is 0 Å². The lowest BCUT2D eigenvalue weighted by Gasteiger charge is -1.87. The summed E-state index contributed by atoms with van der Waals surface area (Å²) in [5.74, 6) is 0.126. The maximum atomic E-state index is 11.2. The first-order valence-electron chi connectivity index (χ1n) is 3.53. The van der Waals surface area contributed by atoms with Crippen molar-refractivity contribution in [3.8, 4) is 0 Å². The SMILES string of the molecule is O=S1(=O)CCn2cc(CO)nc21. The Kier molecular flexibility index (Phi) is 1.49. The largest absolute Gasteiger partial charge is 0.390 e. The number of aryl methyl sites for hydroxylation is 1. The zero-order chi connectivity index (χ0) is 8.77. The van der Waals surface area contributed by atoms with Gasteiger partial charge in [-0.15, -0.1) is 0 Å². The maximum Gasteiger partial charge on any atom is 0.228 e. The number of rotatable bonds is 1. The quantitative estimate of drug-likeness (QED) is 0.624. The molecule has 2 rings (SSSR count). The summed E-state index contributed by atoms with van der Waals surface area (Å²) < 4.78 is 24.0. The normalized spacial score (nSPS) is 19.4. The second-order valence-corrected chi connectivity index (χ2v) is 4.69. The molecule has 5 nitrogen and oxygen atoms in total. The highest BCUT2D eigenvalue weighted by Gasteiger charge is 2.28. The zero-order valence-corrected chi connectivity index (χ0v) is 7.08. The van der Waals surface area contributed by atoms with Crippen LogP contribution in [0.3, 0.4) is 0 Å². The van der Waals surface area contributed by atoms with Crippen molar-refractivity contribution in [3.63, 3.8) is 0 Å². The van der Waals surface area contributed by atoms with Crippen molar-refractivity contribution in [1.29, 1.82) is 0 Å². The summed E-state index contributed by atoms with van der Waals surface area (Å²) in [6.45, 7) is 0.236. The van der Waals surface area contributed by atoms with Crippen LogP contribution in [0.15, 0.2) is 11.4 Å². The lowest BCUT2D eigenvalue weighted by atomic mass is 10.5. The van der Waals surface area contributed by atoms with Crippen LogP contribution in [-0.2, 0) is 23.0 Å². The molecule has 0 saturated heterocycles. The molecule has 0 bridgehead atoms. The van der Waals surface area contributed by atoms with E-state index in [-0.39, 0.29) is 17.5 Å². The van der Waals surface area contributed by atoms with Gasteiger partial charge in [0.15, 0.2) is 0 Å². The fourth-order valence-electron chi connectivity index (χ4n) is 1.25. The number of nitrogens with zero attached hydrogens (tertiary/aromatic N) is 2. The van der Waals surface area contributed by atoms with Crippen molar-refractivity contribution < 1.29 is 13.5 Å². The Hall–Kier alpha value is -0.880. The van der Waals surface area contributed by atoms with Crippen molar-refractivity contribution in [2.75, 3.05) is 5.75 Å². The minimum absolute atomic E-state index is 0.0894. The fraction of sp³-hybridized carbons (Fsp3) is 0.500. The molecule has 66 valence electrons. The van der Waals surface area contributed by atoms with E-state index >= 15 is 0 Å². The van der Waals surface area contributed by atoms with Crippen LogP contribution in [0.2, 0.25) is 0 Å². The number of hydrogen-bond donors (Lipinski definition) is 1. The van der Waals surface area contributed by atoms with Gasteiger partial charge < -0.3 is 9.67 Å². The molecule has 0 atom stereocenters. The van der Waals surface area contributed by atoms with Crippen molar-refractivity contribution in [1.82, 2.24) is 9.55 Å². The van der Waals surface area contributed by atoms with Crippen LogP contribution in [0.5, 0.6) is 0 Å². The molecule has 2 heterocycles. The van der Waals surface area contributed by atoms with Gasteiger partial charge in [-0.3, -0.25) is 0 Å². The van der Waals surface area contributed by atoms with Crippen molar-refractivity contribution >= 4 is 9.84 Å².